The number of carbonyl (C=O) groups is 1. The van der Waals surface area contributed by atoms with E-state index >= 15 is 0 Å². The molecule has 2 aromatic rings. The highest BCUT2D eigenvalue weighted by molar-refractivity contribution is 5.84. The van der Waals surface area contributed by atoms with E-state index < -0.39 is 11.8 Å². The molecule has 2 rings (SSSR count). The molecule has 6 nitrogen and oxygen atoms in total. The number of oxazole rings is 1. The Labute approximate surface area is 116 Å². The third-order valence-electron chi connectivity index (χ3n) is 3.40. The van der Waals surface area contributed by atoms with E-state index in [1.165, 1.54) is 4.57 Å². The van der Waals surface area contributed by atoms with Crippen molar-refractivity contribution in [1.82, 2.24) is 9.88 Å². The standard InChI is InChI=1S/C14H19N3O3/c1-4-8(2)16-13(18)9(3)17-11-7-10(15)5-6-12(11)20-14(17)19/h5-9H,4,15H2,1-3H3,(H,16,18). The number of hydrogen-bond acceptors (Lipinski definition) is 4. The lowest BCUT2D eigenvalue weighted by Crippen LogP contribution is -2.38. The van der Waals surface area contributed by atoms with Gasteiger partial charge in [0.25, 0.3) is 0 Å². The van der Waals surface area contributed by atoms with E-state index in [9.17, 15) is 9.59 Å². The Morgan fingerprint density at radius 2 is 2.15 bits per heavy atom. The maximum Gasteiger partial charge on any atom is 0.420 e. The fourth-order valence-corrected chi connectivity index (χ4v) is 2.00. The van der Waals surface area contributed by atoms with Crippen LogP contribution in [0.25, 0.3) is 11.1 Å². The number of nitrogens with zero attached hydrogens (tertiary/aromatic N) is 1. The van der Waals surface area contributed by atoms with Crippen molar-refractivity contribution in [2.75, 3.05) is 5.73 Å². The van der Waals surface area contributed by atoms with Gasteiger partial charge in [-0.1, -0.05) is 6.92 Å². The average molecular weight is 277 g/mol. The van der Waals surface area contributed by atoms with Crippen molar-refractivity contribution in [3.63, 3.8) is 0 Å². The van der Waals surface area contributed by atoms with Gasteiger partial charge in [0.2, 0.25) is 5.91 Å². The fraction of sp³-hybridized carbons (Fsp3) is 0.429. The molecule has 0 aliphatic carbocycles. The highest BCUT2D eigenvalue weighted by Crippen LogP contribution is 2.19. The highest BCUT2D eigenvalue weighted by Gasteiger charge is 2.22. The number of nitrogens with one attached hydrogen (secondary N) is 1. The molecule has 0 aliphatic heterocycles. The van der Waals surface area contributed by atoms with Crippen molar-refractivity contribution in [1.29, 1.82) is 0 Å². The van der Waals surface area contributed by atoms with Crippen LogP contribution < -0.4 is 16.8 Å². The summed E-state index contributed by atoms with van der Waals surface area (Å²) in [7, 11) is 0. The van der Waals surface area contributed by atoms with Crippen molar-refractivity contribution in [2.45, 2.75) is 39.3 Å². The molecule has 3 N–H and O–H groups in total. The number of aromatic nitrogens is 1. The molecule has 1 heterocycles. The van der Waals surface area contributed by atoms with Gasteiger partial charge >= 0.3 is 5.76 Å². The Balaban J connectivity index is 2.41. The van der Waals surface area contributed by atoms with Crippen LogP contribution in [0.2, 0.25) is 0 Å². The van der Waals surface area contributed by atoms with Gasteiger partial charge in [0.15, 0.2) is 5.58 Å². The molecule has 1 amide bonds. The highest BCUT2D eigenvalue weighted by atomic mass is 16.4. The van der Waals surface area contributed by atoms with Crippen LogP contribution in [-0.2, 0) is 4.79 Å². The van der Waals surface area contributed by atoms with Crippen molar-refractivity contribution in [3.8, 4) is 0 Å². The number of rotatable bonds is 4. The lowest BCUT2D eigenvalue weighted by atomic mass is 10.2. The van der Waals surface area contributed by atoms with Crippen LogP contribution in [0, 0.1) is 0 Å². The maximum atomic E-state index is 12.1. The lowest BCUT2D eigenvalue weighted by molar-refractivity contribution is -0.124. The van der Waals surface area contributed by atoms with Crippen LogP contribution in [0.4, 0.5) is 5.69 Å². The van der Waals surface area contributed by atoms with Crippen LogP contribution in [0.15, 0.2) is 27.4 Å². The second-order valence-corrected chi connectivity index (χ2v) is 4.96. The molecule has 0 fully saturated rings. The quantitative estimate of drug-likeness (QED) is 0.831. The van der Waals surface area contributed by atoms with Gasteiger partial charge in [-0.3, -0.25) is 9.36 Å². The Morgan fingerprint density at radius 3 is 2.80 bits per heavy atom. The summed E-state index contributed by atoms with van der Waals surface area (Å²) in [6, 6.07) is 4.32. The summed E-state index contributed by atoms with van der Waals surface area (Å²) < 4.78 is 6.45. The Hall–Kier alpha value is -2.24. The van der Waals surface area contributed by atoms with Crippen LogP contribution in [0.3, 0.4) is 0 Å². The van der Waals surface area contributed by atoms with Gasteiger partial charge in [-0.25, -0.2) is 4.79 Å². The third-order valence-corrected chi connectivity index (χ3v) is 3.40. The van der Waals surface area contributed by atoms with E-state index in [0.29, 0.717) is 16.8 Å². The number of anilines is 1. The zero-order valence-electron chi connectivity index (χ0n) is 11.8. The third kappa shape index (κ3) is 2.54. The average Bonchev–Trinajstić information content (AvgIpc) is 2.72. The molecule has 1 aromatic heterocycles. The van der Waals surface area contributed by atoms with Gasteiger partial charge in [-0.05, 0) is 38.5 Å². The van der Waals surface area contributed by atoms with E-state index in [1.54, 1.807) is 25.1 Å². The lowest BCUT2D eigenvalue weighted by Gasteiger charge is -2.16. The first kappa shape index (κ1) is 14.2. The van der Waals surface area contributed by atoms with E-state index in [4.69, 9.17) is 10.2 Å². The smallest absolute Gasteiger partial charge is 0.408 e. The zero-order valence-corrected chi connectivity index (χ0v) is 11.8. The van der Waals surface area contributed by atoms with E-state index in [1.807, 2.05) is 13.8 Å². The van der Waals surface area contributed by atoms with Crippen molar-refractivity contribution in [2.24, 2.45) is 0 Å². The largest absolute Gasteiger partial charge is 0.420 e. The number of benzene rings is 1. The predicted octanol–water partition coefficient (Wildman–Crippen LogP) is 1.65. The summed E-state index contributed by atoms with van der Waals surface area (Å²) in [5, 5.41) is 2.85. The summed E-state index contributed by atoms with van der Waals surface area (Å²) in [4.78, 5) is 24.1. The predicted molar refractivity (Wildman–Crippen MR) is 77.5 cm³/mol. The summed E-state index contributed by atoms with van der Waals surface area (Å²) in [5.41, 5.74) is 7.19. The van der Waals surface area contributed by atoms with Crippen molar-refractivity contribution < 1.29 is 9.21 Å². The Bertz CT molecular complexity index is 687. The summed E-state index contributed by atoms with van der Waals surface area (Å²) >= 11 is 0. The minimum Gasteiger partial charge on any atom is -0.408 e. The number of fused-ring (bicyclic) bond motifs is 1. The van der Waals surface area contributed by atoms with Crippen LogP contribution in [0.5, 0.6) is 0 Å². The second kappa shape index (κ2) is 5.40. The number of nitrogens with two attached hydrogens (primary N) is 1. The Kier molecular flexibility index (Phi) is 3.83. The van der Waals surface area contributed by atoms with Gasteiger partial charge in [0.1, 0.15) is 6.04 Å². The van der Waals surface area contributed by atoms with E-state index in [2.05, 4.69) is 5.32 Å². The molecule has 108 valence electrons. The molecule has 0 spiro atoms. The van der Waals surface area contributed by atoms with Crippen molar-refractivity contribution >= 4 is 22.7 Å². The van der Waals surface area contributed by atoms with Gasteiger partial charge < -0.3 is 15.5 Å². The van der Waals surface area contributed by atoms with Gasteiger partial charge in [-0.2, -0.15) is 0 Å². The van der Waals surface area contributed by atoms with Gasteiger partial charge in [0, 0.05) is 11.7 Å². The first-order valence-corrected chi connectivity index (χ1v) is 6.65. The molecule has 0 aliphatic rings. The van der Waals surface area contributed by atoms with Crippen LogP contribution in [0.1, 0.15) is 33.2 Å². The number of nitrogen functional groups attached to an aromatic ring is 1. The minimum absolute atomic E-state index is 0.0592. The topological polar surface area (TPSA) is 90.3 Å². The Morgan fingerprint density at radius 1 is 1.45 bits per heavy atom. The monoisotopic (exact) mass is 277 g/mol. The molecule has 20 heavy (non-hydrogen) atoms. The number of carbonyl (C=O) groups excluding carboxylic acids is 1. The summed E-state index contributed by atoms with van der Waals surface area (Å²) in [6.07, 6.45) is 0.826. The fourth-order valence-electron chi connectivity index (χ4n) is 2.00. The maximum absolute atomic E-state index is 12.1. The number of amides is 1. The van der Waals surface area contributed by atoms with Crippen LogP contribution >= 0.6 is 0 Å². The van der Waals surface area contributed by atoms with E-state index in [-0.39, 0.29) is 11.9 Å². The first-order chi connectivity index (χ1) is 9.43. The summed E-state index contributed by atoms with van der Waals surface area (Å²) in [6.45, 7) is 5.56. The minimum atomic E-state index is -0.653. The molecule has 6 heteroatoms. The molecule has 0 bridgehead atoms. The normalized spacial score (nSPS) is 14.2. The summed E-state index contributed by atoms with van der Waals surface area (Å²) in [5.74, 6) is -0.774. The zero-order chi connectivity index (χ0) is 14.9. The van der Waals surface area contributed by atoms with Gasteiger partial charge in [-0.15, -0.1) is 0 Å². The molecule has 0 radical (unpaired) electrons. The van der Waals surface area contributed by atoms with Gasteiger partial charge in [0.05, 0.1) is 5.52 Å². The molecule has 1 aromatic carbocycles. The second-order valence-electron chi connectivity index (χ2n) is 4.96. The SMILES string of the molecule is CCC(C)NC(=O)C(C)n1c(=O)oc2ccc(N)cc21. The molecule has 2 atom stereocenters. The molecule has 0 saturated heterocycles. The first-order valence-electron chi connectivity index (χ1n) is 6.65. The molecular weight excluding hydrogens is 258 g/mol. The van der Waals surface area contributed by atoms with Crippen molar-refractivity contribution in [3.05, 3.63) is 28.7 Å². The molecule has 0 saturated carbocycles. The number of hydrogen-bond donors (Lipinski definition) is 2. The van der Waals surface area contributed by atoms with E-state index in [0.717, 1.165) is 6.42 Å². The van der Waals surface area contributed by atoms with Crippen LogP contribution in [-0.4, -0.2) is 16.5 Å². The molecule has 2 unspecified atom stereocenters. The molecular formula is C14H19N3O3.